The molecule has 5 heterocycles. The van der Waals surface area contributed by atoms with Gasteiger partial charge in [-0.05, 0) is 79.9 Å². The number of anilines is 4. The van der Waals surface area contributed by atoms with Crippen molar-refractivity contribution in [2.45, 2.75) is 49.5 Å². The van der Waals surface area contributed by atoms with Gasteiger partial charge in [0.1, 0.15) is 6.04 Å². The standard InChI is InChI=1S/C44H48N10O7S/c1-62(60,61)32-18-12-29(13-19-32)35-10-7-11-37-48-44(50-54(35)37)47-30-14-16-31(17-15-30)52-26-24-51(25-27-52)28-39(56)46-23-5-3-2-4-22-45-34-9-6-8-33-40(34)43(59)53(42(33)58)36-20-21-38(55)49-41(36)57/h6-19,36,45H,2-5,20-28H2,1H3,(H,46,56)(H,47,50)(H,49,55,57). The lowest BCUT2D eigenvalue weighted by Crippen LogP contribution is -2.54. The quantitative estimate of drug-likeness (QED) is 0.0823. The van der Waals surface area contributed by atoms with E-state index in [0.29, 0.717) is 36.9 Å². The number of unbranched alkanes of at least 4 members (excludes halogenated alkanes) is 3. The second kappa shape index (κ2) is 18.1. The second-order valence-corrected chi connectivity index (χ2v) is 17.7. The number of nitrogens with zero attached hydrogens (tertiary/aromatic N) is 6. The lowest BCUT2D eigenvalue weighted by molar-refractivity contribution is -0.136. The SMILES string of the molecule is CS(=O)(=O)c1ccc(-c2cccc3nc(Nc4ccc(N5CCN(CC(=O)NCCCCCCNc6cccc7c6C(=O)N(C6CCC(=O)NC6=O)C7=O)CC5)cc4)nn23)cc1. The first-order chi connectivity index (χ1) is 29.9. The molecule has 4 N–H and O–H groups in total. The van der Waals surface area contributed by atoms with Crippen molar-refractivity contribution in [3.8, 4) is 11.3 Å². The van der Waals surface area contributed by atoms with Crippen LogP contribution < -0.4 is 26.2 Å². The highest BCUT2D eigenvalue weighted by molar-refractivity contribution is 7.90. The number of pyridine rings is 1. The Morgan fingerprint density at radius 2 is 1.55 bits per heavy atom. The molecule has 2 saturated heterocycles. The van der Waals surface area contributed by atoms with Crippen LogP contribution in [-0.4, -0.2) is 120 Å². The van der Waals surface area contributed by atoms with Gasteiger partial charge >= 0.3 is 0 Å². The van der Waals surface area contributed by atoms with Crippen LogP contribution in [0.1, 0.15) is 59.2 Å². The summed E-state index contributed by atoms with van der Waals surface area (Å²) in [6.45, 7) is 4.67. The fraction of sp³-hybridized carbons (Fsp3) is 0.341. The third-order valence-corrected chi connectivity index (χ3v) is 12.5. The van der Waals surface area contributed by atoms with Crippen LogP contribution in [-0.2, 0) is 24.2 Å². The zero-order chi connectivity index (χ0) is 43.4. The molecule has 18 heteroatoms. The van der Waals surface area contributed by atoms with Crippen molar-refractivity contribution < 1.29 is 32.4 Å². The molecule has 5 amide bonds. The van der Waals surface area contributed by atoms with Crippen LogP contribution in [0.25, 0.3) is 16.9 Å². The van der Waals surface area contributed by atoms with Gasteiger partial charge < -0.3 is 20.9 Å². The third kappa shape index (κ3) is 9.30. The van der Waals surface area contributed by atoms with E-state index < -0.39 is 39.5 Å². The first kappa shape index (κ1) is 42.0. The normalized spacial score (nSPS) is 17.0. The first-order valence-corrected chi connectivity index (χ1v) is 22.7. The molecule has 0 saturated carbocycles. The van der Waals surface area contributed by atoms with E-state index in [1.807, 2.05) is 30.3 Å². The van der Waals surface area contributed by atoms with Crippen LogP contribution in [0.3, 0.4) is 0 Å². The molecule has 17 nitrogen and oxygen atoms in total. The molecule has 0 radical (unpaired) electrons. The number of hydrogen-bond acceptors (Lipinski definition) is 13. The Bertz CT molecular complexity index is 2620. The van der Waals surface area contributed by atoms with Gasteiger partial charge in [0.2, 0.25) is 23.7 Å². The fourth-order valence-electron chi connectivity index (χ4n) is 8.07. The summed E-state index contributed by atoms with van der Waals surface area (Å²) in [4.78, 5) is 73.4. The lowest BCUT2D eigenvalue weighted by Gasteiger charge is -2.35. The van der Waals surface area contributed by atoms with Crippen molar-refractivity contribution in [2.75, 3.05) is 67.6 Å². The van der Waals surface area contributed by atoms with E-state index in [1.54, 1.807) is 47.0 Å². The van der Waals surface area contributed by atoms with Crippen LogP contribution in [0, 0.1) is 0 Å². The Morgan fingerprint density at radius 3 is 2.27 bits per heavy atom. The highest BCUT2D eigenvalue weighted by Gasteiger charge is 2.45. The minimum atomic E-state index is -3.30. The average Bonchev–Trinajstić information content (AvgIpc) is 3.79. The molecule has 1 unspecified atom stereocenters. The molecule has 3 aliphatic rings. The van der Waals surface area contributed by atoms with Crippen molar-refractivity contribution in [1.29, 1.82) is 0 Å². The van der Waals surface area contributed by atoms with Gasteiger partial charge in [0, 0.05) is 74.6 Å². The van der Waals surface area contributed by atoms with Crippen LogP contribution in [0.2, 0.25) is 0 Å². The largest absolute Gasteiger partial charge is 0.384 e. The Labute approximate surface area is 358 Å². The molecule has 0 aliphatic carbocycles. The number of sulfone groups is 1. The van der Waals surface area contributed by atoms with E-state index >= 15 is 0 Å². The molecule has 0 bridgehead atoms. The van der Waals surface area contributed by atoms with Gasteiger partial charge in [0.25, 0.3) is 11.8 Å². The molecule has 0 spiro atoms. The fourth-order valence-corrected chi connectivity index (χ4v) is 8.70. The summed E-state index contributed by atoms with van der Waals surface area (Å²) < 4.78 is 25.5. The summed E-state index contributed by atoms with van der Waals surface area (Å²) in [6, 6.07) is 24.5. The van der Waals surface area contributed by atoms with E-state index in [-0.39, 0.29) is 34.8 Å². The van der Waals surface area contributed by atoms with E-state index in [4.69, 9.17) is 0 Å². The van der Waals surface area contributed by atoms with Gasteiger partial charge in [-0.3, -0.25) is 39.1 Å². The smallest absolute Gasteiger partial charge is 0.264 e. The molecular formula is C44H48N10O7S. The third-order valence-electron chi connectivity index (χ3n) is 11.4. The number of rotatable bonds is 16. The summed E-state index contributed by atoms with van der Waals surface area (Å²) in [5.41, 5.74) is 5.23. The molecule has 3 aliphatic heterocycles. The molecule has 3 aromatic carbocycles. The van der Waals surface area contributed by atoms with E-state index in [0.717, 1.165) is 79.4 Å². The Balaban J connectivity index is 0.719. The molecule has 62 heavy (non-hydrogen) atoms. The van der Waals surface area contributed by atoms with E-state index in [1.165, 1.54) is 6.26 Å². The average molecular weight is 861 g/mol. The van der Waals surface area contributed by atoms with E-state index in [2.05, 4.69) is 53.3 Å². The maximum atomic E-state index is 13.3. The molecular weight excluding hydrogens is 813 g/mol. The van der Waals surface area contributed by atoms with Crippen molar-refractivity contribution in [1.82, 2.24) is 35.0 Å². The number of fused-ring (bicyclic) bond motifs is 2. The van der Waals surface area contributed by atoms with Crippen LogP contribution in [0.5, 0.6) is 0 Å². The van der Waals surface area contributed by atoms with Gasteiger partial charge in [0.05, 0.1) is 28.3 Å². The first-order valence-electron chi connectivity index (χ1n) is 20.8. The molecule has 8 rings (SSSR count). The Kier molecular flexibility index (Phi) is 12.3. The van der Waals surface area contributed by atoms with Crippen molar-refractivity contribution >= 4 is 68.0 Å². The van der Waals surface area contributed by atoms with Crippen molar-refractivity contribution in [2.24, 2.45) is 0 Å². The van der Waals surface area contributed by atoms with E-state index in [9.17, 15) is 32.4 Å². The van der Waals surface area contributed by atoms with Gasteiger partial charge in [-0.2, -0.15) is 4.98 Å². The number of piperazine rings is 1. The van der Waals surface area contributed by atoms with Crippen molar-refractivity contribution in [3.05, 3.63) is 96.1 Å². The number of hydrogen-bond donors (Lipinski definition) is 4. The summed E-state index contributed by atoms with van der Waals surface area (Å²) >= 11 is 0. The summed E-state index contributed by atoms with van der Waals surface area (Å²) in [6.07, 6.45) is 4.87. The molecule has 2 aromatic heterocycles. The van der Waals surface area contributed by atoms with Crippen LogP contribution >= 0.6 is 0 Å². The number of piperidine rings is 1. The van der Waals surface area contributed by atoms with Crippen LogP contribution in [0.15, 0.2) is 89.8 Å². The molecule has 1 atom stereocenters. The zero-order valence-electron chi connectivity index (χ0n) is 34.3. The number of nitrogens with one attached hydrogen (secondary N) is 4. The minimum Gasteiger partial charge on any atom is -0.384 e. The highest BCUT2D eigenvalue weighted by atomic mass is 32.2. The monoisotopic (exact) mass is 860 g/mol. The molecule has 5 aromatic rings. The molecule has 322 valence electrons. The van der Waals surface area contributed by atoms with Gasteiger partial charge in [-0.15, -0.1) is 5.10 Å². The zero-order valence-corrected chi connectivity index (χ0v) is 35.1. The predicted octanol–water partition coefficient (Wildman–Crippen LogP) is 3.86. The number of benzene rings is 3. The van der Waals surface area contributed by atoms with Crippen LogP contribution in [0.4, 0.5) is 23.0 Å². The number of amides is 5. The lowest BCUT2D eigenvalue weighted by atomic mass is 10.0. The number of carbonyl (C=O) groups excluding carboxylic acids is 5. The number of aromatic nitrogens is 3. The summed E-state index contributed by atoms with van der Waals surface area (Å²) in [7, 11) is -3.30. The maximum absolute atomic E-state index is 13.3. The summed E-state index contributed by atoms with van der Waals surface area (Å²) in [5.74, 6) is -1.65. The molecule has 2 fully saturated rings. The van der Waals surface area contributed by atoms with Gasteiger partial charge in [-0.25, -0.2) is 12.9 Å². The number of carbonyl (C=O) groups is 5. The summed E-state index contributed by atoms with van der Waals surface area (Å²) in [5, 5.41) is 16.5. The van der Waals surface area contributed by atoms with Crippen molar-refractivity contribution in [3.63, 3.8) is 0 Å². The Hall–Kier alpha value is -6.66. The maximum Gasteiger partial charge on any atom is 0.264 e. The minimum absolute atomic E-state index is 0.0107. The second-order valence-electron chi connectivity index (χ2n) is 15.7. The number of imide groups is 2. The Morgan fingerprint density at radius 1 is 0.823 bits per heavy atom. The predicted molar refractivity (Wildman–Crippen MR) is 233 cm³/mol. The topological polar surface area (TPSA) is 208 Å². The van der Waals surface area contributed by atoms with Gasteiger partial charge in [0.15, 0.2) is 15.5 Å². The van der Waals surface area contributed by atoms with Gasteiger partial charge in [-0.1, -0.05) is 37.1 Å². The highest BCUT2D eigenvalue weighted by Crippen LogP contribution is 2.32.